The number of hydrogen-bond donors (Lipinski definition) is 0. The van der Waals surface area contributed by atoms with E-state index in [9.17, 15) is 0 Å². The maximum absolute atomic E-state index is 2.43. The Kier molecular flexibility index (Phi) is 10.1. The molecule has 0 heterocycles. The number of hydrogen-bond acceptors (Lipinski definition) is 0. The molecule has 0 fully saturated rings. The highest BCUT2D eigenvalue weighted by Crippen LogP contribution is 2.40. The van der Waals surface area contributed by atoms with Crippen LogP contribution in [0.1, 0.15) is 0 Å². The normalized spacial score (nSPS) is 11.6. The van der Waals surface area contributed by atoms with Gasteiger partial charge in [-0.1, -0.05) is 192 Å². The molecule has 0 aliphatic rings. The van der Waals surface area contributed by atoms with Crippen LogP contribution in [-0.2, 0) is 0 Å². The lowest BCUT2D eigenvalue weighted by Crippen LogP contribution is -2.59. The minimum atomic E-state index is -2.17. The molecule has 0 aliphatic heterocycles. The van der Waals surface area contributed by atoms with Gasteiger partial charge in [-0.3, -0.25) is 0 Å². The fourth-order valence-corrected chi connectivity index (χ4v) is 18.2. The van der Waals surface area contributed by atoms with Gasteiger partial charge in [-0.2, -0.15) is 0 Å². The first kappa shape index (κ1) is 29.5. The molecule has 0 unspecified atom stereocenters. The standard InChI is InChI=1S/C40H38P2Si/c1-7-19-35(20-8-1)41(36-21-9-2-10-22-36)31-33-43(39-27-15-5-16-28-39,40-29-17-6-18-30-40)34-32-42(37-23-11-3-12-24-37)38-25-13-4-14-26-38/h1-30H,31-34H2. The van der Waals surface area contributed by atoms with E-state index in [1.807, 2.05) is 0 Å². The highest BCUT2D eigenvalue weighted by molar-refractivity contribution is 7.73. The van der Waals surface area contributed by atoms with E-state index in [-0.39, 0.29) is 0 Å². The molecule has 43 heavy (non-hydrogen) atoms. The van der Waals surface area contributed by atoms with Crippen LogP contribution in [0.15, 0.2) is 182 Å². The van der Waals surface area contributed by atoms with Crippen LogP contribution in [-0.4, -0.2) is 20.4 Å². The molecule has 0 spiro atoms. The van der Waals surface area contributed by atoms with Crippen LogP contribution in [0.4, 0.5) is 0 Å². The molecule has 0 saturated carbocycles. The first-order chi connectivity index (χ1) is 21.3. The Morgan fingerprint density at radius 2 is 0.535 bits per heavy atom. The van der Waals surface area contributed by atoms with Gasteiger partial charge in [-0.25, -0.2) is 0 Å². The molecule has 0 bridgehead atoms. The van der Waals surface area contributed by atoms with Crippen molar-refractivity contribution in [2.24, 2.45) is 0 Å². The molecular weight excluding hydrogens is 570 g/mol. The van der Waals surface area contributed by atoms with Gasteiger partial charge in [-0.05, 0) is 61.5 Å². The van der Waals surface area contributed by atoms with Crippen LogP contribution in [0.2, 0.25) is 12.1 Å². The molecule has 6 aromatic carbocycles. The quantitative estimate of drug-likeness (QED) is 0.0997. The van der Waals surface area contributed by atoms with E-state index in [1.165, 1.54) is 45.6 Å². The van der Waals surface area contributed by atoms with E-state index < -0.39 is 23.9 Å². The average molecular weight is 609 g/mol. The van der Waals surface area contributed by atoms with Gasteiger partial charge in [0.1, 0.15) is 8.07 Å². The maximum atomic E-state index is 2.43. The lowest BCUT2D eigenvalue weighted by molar-refractivity contribution is 1.30. The molecule has 0 N–H and O–H groups in total. The van der Waals surface area contributed by atoms with E-state index in [4.69, 9.17) is 0 Å². The molecule has 0 nitrogen and oxygen atoms in total. The second-order valence-corrected chi connectivity index (χ2v) is 20.0. The fraction of sp³-hybridized carbons (Fsp3) is 0.100. The molecule has 0 atom stereocenters. The van der Waals surface area contributed by atoms with E-state index in [1.54, 1.807) is 10.4 Å². The van der Waals surface area contributed by atoms with Gasteiger partial charge in [0.05, 0.1) is 0 Å². The summed E-state index contributed by atoms with van der Waals surface area (Å²) >= 11 is 0. The summed E-state index contributed by atoms with van der Waals surface area (Å²) in [4.78, 5) is 0. The Morgan fingerprint density at radius 3 is 0.791 bits per heavy atom. The van der Waals surface area contributed by atoms with Crippen LogP contribution in [0.3, 0.4) is 0 Å². The summed E-state index contributed by atoms with van der Waals surface area (Å²) in [5.41, 5.74) is 0. The van der Waals surface area contributed by atoms with Crippen LogP contribution >= 0.6 is 15.8 Å². The molecule has 0 aromatic heterocycles. The van der Waals surface area contributed by atoms with Crippen LogP contribution in [0, 0.1) is 0 Å². The van der Waals surface area contributed by atoms with Gasteiger partial charge in [0.25, 0.3) is 0 Å². The number of benzene rings is 6. The van der Waals surface area contributed by atoms with Gasteiger partial charge < -0.3 is 0 Å². The Labute approximate surface area is 261 Å². The highest BCUT2D eigenvalue weighted by atomic mass is 31.1. The molecule has 0 amide bonds. The zero-order chi connectivity index (χ0) is 29.2. The van der Waals surface area contributed by atoms with E-state index in [0.29, 0.717) is 0 Å². The lowest BCUT2D eigenvalue weighted by Gasteiger charge is -2.36. The number of rotatable bonds is 12. The third kappa shape index (κ3) is 7.14. The van der Waals surface area contributed by atoms with Gasteiger partial charge in [-0.15, -0.1) is 0 Å². The topological polar surface area (TPSA) is 0 Å². The van der Waals surface area contributed by atoms with Gasteiger partial charge in [0.2, 0.25) is 0 Å². The average Bonchev–Trinajstić information content (AvgIpc) is 3.10. The van der Waals surface area contributed by atoms with Crippen molar-refractivity contribution in [1.82, 2.24) is 0 Å². The zero-order valence-corrected chi connectivity index (χ0v) is 27.3. The van der Waals surface area contributed by atoms with E-state index in [0.717, 1.165) is 0 Å². The van der Waals surface area contributed by atoms with Gasteiger partial charge in [0.15, 0.2) is 0 Å². The summed E-state index contributed by atoms with van der Waals surface area (Å²) in [6.45, 7) is 0. The summed E-state index contributed by atoms with van der Waals surface area (Å²) in [6, 6.07) is 70.5. The van der Waals surface area contributed by atoms with Crippen LogP contribution in [0.5, 0.6) is 0 Å². The minimum Gasteiger partial charge on any atom is -0.0626 e. The Balaban J connectivity index is 1.43. The van der Waals surface area contributed by atoms with Crippen LogP contribution in [0.25, 0.3) is 0 Å². The van der Waals surface area contributed by atoms with Crippen molar-refractivity contribution < 1.29 is 0 Å². The minimum absolute atomic E-state index is 0.470. The van der Waals surface area contributed by atoms with Crippen molar-refractivity contribution in [2.75, 3.05) is 12.3 Å². The Morgan fingerprint density at radius 1 is 0.302 bits per heavy atom. The summed E-state index contributed by atoms with van der Waals surface area (Å²) < 4.78 is 0. The van der Waals surface area contributed by atoms with Crippen molar-refractivity contribution in [2.45, 2.75) is 12.1 Å². The molecule has 3 heteroatoms. The first-order valence-electron chi connectivity index (χ1n) is 15.2. The van der Waals surface area contributed by atoms with Crippen molar-refractivity contribution >= 4 is 55.5 Å². The van der Waals surface area contributed by atoms with Gasteiger partial charge in [0, 0.05) is 0 Å². The van der Waals surface area contributed by atoms with E-state index >= 15 is 0 Å². The van der Waals surface area contributed by atoms with Crippen molar-refractivity contribution in [3.05, 3.63) is 182 Å². The van der Waals surface area contributed by atoms with Crippen molar-refractivity contribution in [3.63, 3.8) is 0 Å². The SMILES string of the molecule is c1ccc(P(CC[Si](CCP(c2ccccc2)c2ccccc2)(c2ccccc2)c2ccccc2)c2ccccc2)cc1. The third-order valence-electron chi connectivity index (χ3n) is 8.45. The fourth-order valence-electron chi connectivity index (χ4n) is 6.24. The largest absolute Gasteiger partial charge is 0.118 e. The summed E-state index contributed by atoms with van der Waals surface area (Å²) in [5.74, 6) is 0. The molecule has 6 rings (SSSR count). The zero-order valence-electron chi connectivity index (χ0n) is 24.5. The molecule has 0 radical (unpaired) electrons. The molecule has 0 aliphatic carbocycles. The van der Waals surface area contributed by atoms with Gasteiger partial charge >= 0.3 is 0 Å². The lowest BCUT2D eigenvalue weighted by atomic mass is 10.4. The molecular formula is C40H38P2Si. The predicted molar refractivity (Wildman–Crippen MR) is 195 cm³/mol. The maximum Gasteiger partial charge on any atom is 0.118 e. The van der Waals surface area contributed by atoms with Crippen molar-refractivity contribution in [3.8, 4) is 0 Å². The summed E-state index contributed by atoms with van der Waals surface area (Å²) in [6.07, 6.45) is 2.38. The van der Waals surface area contributed by atoms with Crippen LogP contribution < -0.4 is 31.6 Å². The monoisotopic (exact) mass is 608 g/mol. The first-order valence-corrected chi connectivity index (χ1v) is 20.7. The van der Waals surface area contributed by atoms with E-state index in [2.05, 4.69) is 182 Å². The Bertz CT molecular complexity index is 1440. The molecule has 6 aromatic rings. The molecule has 0 saturated heterocycles. The molecule has 212 valence electrons. The highest BCUT2D eigenvalue weighted by Gasteiger charge is 2.38. The van der Waals surface area contributed by atoms with Crippen molar-refractivity contribution in [1.29, 1.82) is 0 Å². The summed E-state index contributed by atoms with van der Waals surface area (Å²) in [7, 11) is -3.11. The summed E-state index contributed by atoms with van der Waals surface area (Å²) in [5, 5.41) is 9.03. The predicted octanol–water partition coefficient (Wildman–Crippen LogP) is 7.52. The smallest absolute Gasteiger partial charge is 0.0626 e. The second-order valence-electron chi connectivity index (χ2n) is 11.0. The Hall–Kier alpha value is -3.60. The second kappa shape index (κ2) is 14.7. The third-order valence-corrected chi connectivity index (χ3v) is 19.4.